The molecule has 2 rings (SSSR count). The number of carbonyl (C=O) groups is 2. The predicted molar refractivity (Wildman–Crippen MR) is 106 cm³/mol. The van der Waals surface area contributed by atoms with E-state index in [9.17, 15) is 14.0 Å². The average molecular weight is 422 g/mol. The van der Waals surface area contributed by atoms with Crippen molar-refractivity contribution in [1.29, 1.82) is 0 Å². The summed E-state index contributed by atoms with van der Waals surface area (Å²) in [7, 11) is 1.49. The van der Waals surface area contributed by atoms with Crippen LogP contribution in [0.15, 0.2) is 36.3 Å². The molecule has 0 spiro atoms. The van der Waals surface area contributed by atoms with Gasteiger partial charge in [-0.1, -0.05) is 17.4 Å². The Labute approximate surface area is 171 Å². The van der Waals surface area contributed by atoms with E-state index in [1.165, 1.54) is 13.2 Å². The largest absolute Gasteiger partial charge is 0.393 e. The topological polar surface area (TPSA) is 152 Å². The molecule has 0 fully saturated rings. The Morgan fingerprint density at radius 2 is 2.17 bits per heavy atom. The first kappa shape index (κ1) is 22.2. The third kappa shape index (κ3) is 7.43. The van der Waals surface area contributed by atoms with E-state index in [0.717, 1.165) is 16.3 Å². The number of hydrogen-bond acceptors (Lipinski definition) is 9. The molecule has 2 aromatic heterocycles. The summed E-state index contributed by atoms with van der Waals surface area (Å²) in [5, 5.41) is 14.5. The smallest absolute Gasteiger partial charge is 0.282 e. The molecule has 0 saturated heterocycles. The van der Waals surface area contributed by atoms with E-state index in [2.05, 4.69) is 25.8 Å². The lowest BCUT2D eigenvalue weighted by Gasteiger charge is -2.17. The first-order valence-corrected chi connectivity index (χ1v) is 9.56. The molecule has 0 aliphatic rings. The zero-order valence-electron chi connectivity index (χ0n) is 15.8. The second-order valence-electron chi connectivity index (χ2n) is 6.00. The van der Waals surface area contributed by atoms with E-state index < -0.39 is 12.1 Å². The predicted octanol–water partition coefficient (Wildman–Crippen LogP) is -0.144. The fraction of sp³-hybridized carbons (Fsp3) is 0.353. The molecular weight excluding hydrogens is 399 g/mol. The molecule has 0 saturated carbocycles. The van der Waals surface area contributed by atoms with Gasteiger partial charge in [-0.2, -0.15) is 0 Å². The normalized spacial score (nSPS) is 12.3. The molecule has 2 heterocycles. The van der Waals surface area contributed by atoms with E-state index in [1.54, 1.807) is 24.4 Å². The SMILES string of the molecule is CNC(=O)c1nnc(CCC(F)CN(N)/C=C(\N)C(=O)NCc2ccccn2)s1. The zero-order chi connectivity index (χ0) is 21.2. The summed E-state index contributed by atoms with van der Waals surface area (Å²) in [5.41, 5.74) is 6.23. The molecule has 0 radical (unpaired) electrons. The molecule has 1 atom stereocenters. The van der Waals surface area contributed by atoms with Crippen LogP contribution < -0.4 is 22.2 Å². The van der Waals surface area contributed by atoms with Gasteiger partial charge >= 0.3 is 0 Å². The van der Waals surface area contributed by atoms with Crippen molar-refractivity contribution >= 4 is 23.2 Å². The van der Waals surface area contributed by atoms with Crippen LogP contribution in [0.5, 0.6) is 0 Å². The Hall–Kier alpha value is -3.12. The number of nitrogens with one attached hydrogen (secondary N) is 2. The van der Waals surface area contributed by atoms with Crippen LogP contribution in [0, 0.1) is 0 Å². The van der Waals surface area contributed by atoms with Gasteiger partial charge in [-0.15, -0.1) is 10.2 Å². The lowest BCUT2D eigenvalue weighted by atomic mass is 10.2. The Balaban J connectivity index is 1.76. The summed E-state index contributed by atoms with van der Waals surface area (Å²) in [6, 6.07) is 5.33. The number of rotatable bonds is 10. The summed E-state index contributed by atoms with van der Waals surface area (Å²) in [6.07, 6.45) is 1.95. The number of pyridine rings is 1. The van der Waals surface area contributed by atoms with E-state index in [-0.39, 0.29) is 36.1 Å². The van der Waals surface area contributed by atoms with E-state index in [1.807, 2.05) is 0 Å². The Bertz CT molecular complexity index is 845. The molecule has 2 aromatic rings. The molecule has 0 aliphatic heterocycles. The first-order valence-electron chi connectivity index (χ1n) is 8.74. The highest BCUT2D eigenvalue weighted by atomic mass is 32.1. The summed E-state index contributed by atoms with van der Waals surface area (Å²) >= 11 is 1.11. The minimum absolute atomic E-state index is 0.135. The van der Waals surface area contributed by atoms with Crippen molar-refractivity contribution in [3.63, 3.8) is 0 Å². The van der Waals surface area contributed by atoms with Crippen LogP contribution in [-0.4, -0.2) is 51.8 Å². The highest BCUT2D eigenvalue weighted by Gasteiger charge is 2.15. The summed E-state index contributed by atoms with van der Waals surface area (Å²) in [6.45, 7) is 0.0553. The van der Waals surface area contributed by atoms with Gasteiger partial charge in [-0.25, -0.2) is 10.2 Å². The van der Waals surface area contributed by atoms with Gasteiger partial charge in [0.15, 0.2) is 0 Å². The highest BCUT2D eigenvalue weighted by molar-refractivity contribution is 7.13. The van der Waals surface area contributed by atoms with Gasteiger partial charge in [0.2, 0.25) is 5.01 Å². The molecule has 6 N–H and O–H groups in total. The minimum atomic E-state index is -1.28. The Kier molecular flexibility index (Phi) is 8.43. The van der Waals surface area contributed by atoms with E-state index in [0.29, 0.717) is 17.1 Å². The maximum absolute atomic E-state index is 14.2. The third-order valence-corrected chi connectivity index (χ3v) is 4.67. The van der Waals surface area contributed by atoms with Crippen molar-refractivity contribution in [2.24, 2.45) is 11.6 Å². The van der Waals surface area contributed by atoms with Gasteiger partial charge in [0, 0.05) is 25.9 Å². The highest BCUT2D eigenvalue weighted by Crippen LogP contribution is 2.14. The number of nitrogens with zero attached hydrogens (tertiary/aromatic N) is 4. The number of carbonyl (C=O) groups excluding carboxylic acids is 2. The molecule has 156 valence electrons. The molecule has 2 amide bonds. The second kappa shape index (κ2) is 11.0. The molecule has 29 heavy (non-hydrogen) atoms. The summed E-state index contributed by atoms with van der Waals surface area (Å²) < 4.78 is 14.2. The third-order valence-electron chi connectivity index (χ3n) is 3.69. The maximum atomic E-state index is 14.2. The monoisotopic (exact) mass is 422 g/mol. The quantitative estimate of drug-likeness (QED) is 0.234. The molecule has 0 aliphatic carbocycles. The number of halogens is 1. The van der Waals surface area contributed by atoms with Crippen molar-refractivity contribution < 1.29 is 14.0 Å². The van der Waals surface area contributed by atoms with Crippen LogP contribution in [-0.2, 0) is 17.8 Å². The number of amides is 2. The van der Waals surface area contributed by atoms with Crippen molar-refractivity contribution in [1.82, 2.24) is 30.8 Å². The number of alkyl halides is 1. The van der Waals surface area contributed by atoms with Gasteiger partial charge in [0.25, 0.3) is 11.8 Å². The van der Waals surface area contributed by atoms with Crippen LogP contribution in [0.4, 0.5) is 4.39 Å². The molecular formula is C17H23FN8O2S. The molecule has 10 nitrogen and oxygen atoms in total. The van der Waals surface area contributed by atoms with Gasteiger partial charge in [0.05, 0.1) is 18.8 Å². The van der Waals surface area contributed by atoms with Gasteiger partial charge < -0.3 is 21.4 Å². The summed E-state index contributed by atoms with van der Waals surface area (Å²) in [5.74, 6) is 4.85. The number of aromatic nitrogens is 3. The second-order valence-corrected chi connectivity index (χ2v) is 7.06. The standard InChI is InChI=1S/C17H23FN8O2S/c1-21-16(28)17-25-24-14(29-17)6-5-11(18)9-26(20)10-13(19)15(27)23-8-12-4-2-3-7-22-12/h2-4,7,10-11H,5-6,8-9,19-20H2,1H3,(H,21,28)(H,23,27)/b13-10-. The fourth-order valence-electron chi connectivity index (χ4n) is 2.22. The lowest BCUT2D eigenvalue weighted by molar-refractivity contribution is -0.117. The number of aryl methyl sites for hydroxylation is 1. The van der Waals surface area contributed by atoms with Gasteiger partial charge in [-0.05, 0) is 18.6 Å². The minimum Gasteiger partial charge on any atom is -0.393 e. The van der Waals surface area contributed by atoms with Gasteiger partial charge in [0.1, 0.15) is 16.9 Å². The fourth-order valence-corrected chi connectivity index (χ4v) is 3.02. The molecule has 0 aromatic carbocycles. The maximum Gasteiger partial charge on any atom is 0.282 e. The Morgan fingerprint density at radius 3 is 2.86 bits per heavy atom. The Morgan fingerprint density at radius 1 is 1.38 bits per heavy atom. The van der Waals surface area contributed by atoms with Crippen LogP contribution in [0.3, 0.4) is 0 Å². The van der Waals surface area contributed by atoms with Crippen LogP contribution >= 0.6 is 11.3 Å². The van der Waals surface area contributed by atoms with Gasteiger partial charge in [-0.3, -0.25) is 14.6 Å². The number of hydrogen-bond donors (Lipinski definition) is 4. The molecule has 1 unspecified atom stereocenters. The number of nitrogens with two attached hydrogens (primary N) is 2. The van der Waals surface area contributed by atoms with Crippen molar-refractivity contribution in [2.45, 2.75) is 25.6 Å². The average Bonchev–Trinajstić information content (AvgIpc) is 3.19. The zero-order valence-corrected chi connectivity index (χ0v) is 16.7. The number of hydrazine groups is 1. The first-order chi connectivity index (χ1) is 13.9. The van der Waals surface area contributed by atoms with E-state index in [4.69, 9.17) is 11.6 Å². The van der Waals surface area contributed by atoms with Crippen molar-refractivity contribution in [3.05, 3.63) is 52.0 Å². The van der Waals surface area contributed by atoms with Crippen molar-refractivity contribution in [3.8, 4) is 0 Å². The van der Waals surface area contributed by atoms with Crippen LogP contribution in [0.25, 0.3) is 0 Å². The van der Waals surface area contributed by atoms with Crippen molar-refractivity contribution in [2.75, 3.05) is 13.6 Å². The van der Waals surface area contributed by atoms with Crippen LogP contribution in [0.1, 0.15) is 26.9 Å². The summed E-state index contributed by atoms with van der Waals surface area (Å²) in [4.78, 5) is 27.5. The lowest BCUT2D eigenvalue weighted by Crippen LogP contribution is -2.36. The van der Waals surface area contributed by atoms with Crippen LogP contribution in [0.2, 0.25) is 0 Å². The molecule has 12 heteroatoms. The molecule has 0 bridgehead atoms. The van der Waals surface area contributed by atoms with E-state index >= 15 is 0 Å².